The molecule has 1 aliphatic rings. The standard InChI is InChI=1S/C32H21NO/c1-3-11-22(12-4-1)31-33-29-20-19-24(21-30(29)34-31)32(23-13-5-2-6-14-23)27-17-9-7-15-25(27)26-16-8-10-18-28(26)32/h1-21H. The van der Waals surface area contributed by atoms with E-state index in [1.807, 2.05) is 30.3 Å². The van der Waals surface area contributed by atoms with Crippen LogP contribution in [-0.2, 0) is 5.41 Å². The SMILES string of the molecule is c1ccc(-c2nc3ccc(C4(c5ccccc5)c5ccccc5-c5ccccc54)cc3o2)cc1. The van der Waals surface area contributed by atoms with Crippen molar-refractivity contribution in [2.24, 2.45) is 0 Å². The van der Waals surface area contributed by atoms with Gasteiger partial charge in [0, 0.05) is 5.56 Å². The Balaban J connectivity index is 1.54. The molecule has 5 aromatic carbocycles. The van der Waals surface area contributed by atoms with E-state index in [0.717, 1.165) is 16.7 Å². The summed E-state index contributed by atoms with van der Waals surface area (Å²) in [6, 6.07) is 44.9. The number of hydrogen-bond donors (Lipinski definition) is 0. The molecule has 0 N–H and O–H groups in total. The molecule has 2 heteroatoms. The molecule has 0 radical (unpaired) electrons. The summed E-state index contributed by atoms with van der Waals surface area (Å²) in [5.74, 6) is 0.647. The number of oxazole rings is 1. The van der Waals surface area contributed by atoms with Crippen LogP contribution in [0.5, 0.6) is 0 Å². The van der Waals surface area contributed by atoms with E-state index >= 15 is 0 Å². The van der Waals surface area contributed by atoms with Crippen LogP contribution < -0.4 is 0 Å². The second-order valence-electron chi connectivity index (χ2n) is 8.77. The minimum atomic E-state index is -0.428. The van der Waals surface area contributed by atoms with Crippen LogP contribution in [0.25, 0.3) is 33.7 Å². The molecule has 0 unspecified atom stereocenters. The van der Waals surface area contributed by atoms with Gasteiger partial charge in [0.05, 0.1) is 5.41 Å². The second kappa shape index (κ2) is 7.29. The molecule has 0 spiro atoms. The third kappa shape index (κ3) is 2.60. The molecule has 1 aromatic heterocycles. The maximum Gasteiger partial charge on any atom is 0.227 e. The van der Waals surface area contributed by atoms with E-state index in [1.165, 1.54) is 33.4 Å². The van der Waals surface area contributed by atoms with Crippen LogP contribution in [0.4, 0.5) is 0 Å². The van der Waals surface area contributed by atoms with Gasteiger partial charge in [-0.3, -0.25) is 0 Å². The Morgan fingerprint density at radius 2 is 1.12 bits per heavy atom. The molecule has 0 amide bonds. The van der Waals surface area contributed by atoms with Gasteiger partial charge in [-0.25, -0.2) is 4.98 Å². The molecule has 0 aliphatic heterocycles. The van der Waals surface area contributed by atoms with Crippen molar-refractivity contribution in [3.8, 4) is 22.6 Å². The van der Waals surface area contributed by atoms with Crippen molar-refractivity contribution < 1.29 is 4.42 Å². The summed E-state index contributed by atoms with van der Waals surface area (Å²) in [4.78, 5) is 4.77. The molecule has 0 atom stereocenters. The van der Waals surface area contributed by atoms with Crippen molar-refractivity contribution in [2.45, 2.75) is 5.41 Å². The van der Waals surface area contributed by atoms with Gasteiger partial charge in [0.25, 0.3) is 0 Å². The monoisotopic (exact) mass is 435 g/mol. The largest absolute Gasteiger partial charge is 0.436 e. The van der Waals surface area contributed by atoms with Gasteiger partial charge < -0.3 is 4.42 Å². The molecular weight excluding hydrogens is 414 g/mol. The van der Waals surface area contributed by atoms with Crippen molar-refractivity contribution >= 4 is 11.1 Å². The van der Waals surface area contributed by atoms with E-state index < -0.39 is 5.41 Å². The van der Waals surface area contributed by atoms with Gasteiger partial charge in [-0.15, -0.1) is 0 Å². The van der Waals surface area contributed by atoms with Crippen LogP contribution in [0.2, 0.25) is 0 Å². The molecule has 1 heterocycles. The van der Waals surface area contributed by atoms with Gasteiger partial charge in [0.2, 0.25) is 5.89 Å². The number of aromatic nitrogens is 1. The molecular formula is C32H21NO. The Labute approximate surface area is 198 Å². The first-order valence-electron chi connectivity index (χ1n) is 11.6. The molecule has 1 aliphatic carbocycles. The Kier molecular flexibility index (Phi) is 4.09. The zero-order chi connectivity index (χ0) is 22.5. The third-order valence-corrected chi connectivity index (χ3v) is 7.00. The van der Waals surface area contributed by atoms with Crippen LogP contribution in [0, 0.1) is 0 Å². The van der Waals surface area contributed by atoms with Gasteiger partial charge in [-0.1, -0.05) is 103 Å². The average Bonchev–Trinajstić information content (AvgIpc) is 3.47. The first-order valence-corrected chi connectivity index (χ1v) is 11.6. The number of nitrogens with zero attached hydrogens (tertiary/aromatic N) is 1. The molecule has 6 aromatic rings. The molecule has 0 bridgehead atoms. The summed E-state index contributed by atoms with van der Waals surface area (Å²) in [5, 5.41) is 0. The summed E-state index contributed by atoms with van der Waals surface area (Å²) in [7, 11) is 0. The van der Waals surface area contributed by atoms with Crippen molar-refractivity contribution in [2.75, 3.05) is 0 Å². The first-order chi connectivity index (χ1) is 16.9. The maximum absolute atomic E-state index is 6.30. The minimum Gasteiger partial charge on any atom is -0.436 e. The van der Waals surface area contributed by atoms with Gasteiger partial charge >= 0.3 is 0 Å². The van der Waals surface area contributed by atoms with Gasteiger partial charge in [0.15, 0.2) is 5.58 Å². The van der Waals surface area contributed by atoms with Crippen molar-refractivity contribution in [3.05, 3.63) is 150 Å². The Morgan fingerprint density at radius 3 is 1.79 bits per heavy atom. The van der Waals surface area contributed by atoms with Crippen LogP contribution in [0.15, 0.2) is 132 Å². The van der Waals surface area contributed by atoms with Crippen LogP contribution >= 0.6 is 0 Å². The number of fused-ring (bicyclic) bond motifs is 4. The fourth-order valence-electron chi connectivity index (χ4n) is 5.57. The fraction of sp³-hybridized carbons (Fsp3) is 0.0312. The fourth-order valence-corrected chi connectivity index (χ4v) is 5.57. The van der Waals surface area contributed by atoms with E-state index in [-0.39, 0.29) is 0 Å². The molecule has 7 rings (SSSR count). The number of hydrogen-bond acceptors (Lipinski definition) is 2. The van der Waals surface area contributed by atoms with Crippen molar-refractivity contribution in [3.63, 3.8) is 0 Å². The lowest BCUT2D eigenvalue weighted by atomic mass is 9.68. The predicted octanol–water partition coefficient (Wildman–Crippen LogP) is 7.86. The van der Waals surface area contributed by atoms with E-state index in [0.29, 0.717) is 5.89 Å². The van der Waals surface area contributed by atoms with Gasteiger partial charge in [-0.2, -0.15) is 0 Å². The van der Waals surface area contributed by atoms with E-state index in [1.54, 1.807) is 0 Å². The summed E-state index contributed by atoms with van der Waals surface area (Å²) in [5.41, 5.74) is 9.80. The van der Waals surface area contributed by atoms with Crippen LogP contribution in [0.1, 0.15) is 22.3 Å². The lowest BCUT2D eigenvalue weighted by Gasteiger charge is -2.33. The number of rotatable bonds is 3. The molecule has 0 saturated carbocycles. The Morgan fingerprint density at radius 1 is 0.529 bits per heavy atom. The van der Waals surface area contributed by atoms with Crippen molar-refractivity contribution in [1.29, 1.82) is 0 Å². The maximum atomic E-state index is 6.30. The van der Waals surface area contributed by atoms with Crippen LogP contribution in [0.3, 0.4) is 0 Å². The molecule has 160 valence electrons. The summed E-state index contributed by atoms with van der Waals surface area (Å²) >= 11 is 0. The molecule has 0 fully saturated rings. The third-order valence-electron chi connectivity index (χ3n) is 7.00. The van der Waals surface area contributed by atoms with Gasteiger partial charge in [0.1, 0.15) is 5.52 Å². The van der Waals surface area contributed by atoms with E-state index in [2.05, 4.69) is 97.1 Å². The molecule has 0 saturated heterocycles. The molecule has 34 heavy (non-hydrogen) atoms. The van der Waals surface area contributed by atoms with E-state index in [4.69, 9.17) is 9.40 Å². The smallest absolute Gasteiger partial charge is 0.227 e. The highest BCUT2D eigenvalue weighted by Gasteiger charge is 2.46. The summed E-state index contributed by atoms with van der Waals surface area (Å²) in [6.07, 6.45) is 0. The van der Waals surface area contributed by atoms with Crippen molar-refractivity contribution in [1.82, 2.24) is 4.98 Å². The summed E-state index contributed by atoms with van der Waals surface area (Å²) < 4.78 is 6.30. The minimum absolute atomic E-state index is 0.428. The zero-order valence-electron chi connectivity index (χ0n) is 18.5. The quantitative estimate of drug-likeness (QED) is 0.282. The highest BCUT2D eigenvalue weighted by Crippen LogP contribution is 2.56. The second-order valence-corrected chi connectivity index (χ2v) is 8.77. The van der Waals surface area contributed by atoms with Crippen LogP contribution in [-0.4, -0.2) is 4.98 Å². The summed E-state index contributed by atoms with van der Waals surface area (Å²) in [6.45, 7) is 0. The first kappa shape index (κ1) is 19.1. The Hall–Kier alpha value is -4.43. The zero-order valence-corrected chi connectivity index (χ0v) is 18.5. The average molecular weight is 436 g/mol. The Bertz CT molecular complexity index is 1600. The highest BCUT2D eigenvalue weighted by atomic mass is 16.3. The number of benzene rings is 5. The lowest BCUT2D eigenvalue weighted by molar-refractivity contribution is 0.618. The topological polar surface area (TPSA) is 26.0 Å². The van der Waals surface area contributed by atoms with E-state index in [9.17, 15) is 0 Å². The van der Waals surface area contributed by atoms with Gasteiger partial charge in [-0.05, 0) is 57.6 Å². The normalized spacial score (nSPS) is 13.5. The highest BCUT2D eigenvalue weighted by molar-refractivity contribution is 5.87. The predicted molar refractivity (Wildman–Crippen MR) is 137 cm³/mol. The molecule has 2 nitrogen and oxygen atoms in total. The lowest BCUT2D eigenvalue weighted by Crippen LogP contribution is -2.28.